The molecule has 1 atom stereocenters. The van der Waals surface area contributed by atoms with Crippen LogP contribution in [0.5, 0.6) is 0 Å². The number of pyridine rings is 1. The zero-order valence-corrected chi connectivity index (χ0v) is 10.9. The van der Waals surface area contributed by atoms with Gasteiger partial charge in [-0.1, -0.05) is 13.0 Å². The minimum atomic E-state index is -0.904. The Morgan fingerprint density at radius 1 is 1.44 bits per heavy atom. The zero-order valence-electron chi connectivity index (χ0n) is 10.9. The SMILES string of the molecule is CCN(CC(C)C(=O)O)C(=O)c1cccc(C)n1. The highest BCUT2D eigenvalue weighted by Gasteiger charge is 2.21. The lowest BCUT2D eigenvalue weighted by atomic mass is 10.1. The van der Waals surface area contributed by atoms with Crippen LogP contribution in [0.3, 0.4) is 0 Å². The number of nitrogens with zero attached hydrogens (tertiary/aromatic N) is 2. The Balaban J connectivity index is 2.82. The maximum atomic E-state index is 12.2. The second-order valence-electron chi connectivity index (χ2n) is 4.25. The van der Waals surface area contributed by atoms with Crippen molar-refractivity contribution in [1.82, 2.24) is 9.88 Å². The van der Waals surface area contributed by atoms with Gasteiger partial charge in [-0.15, -0.1) is 0 Å². The van der Waals surface area contributed by atoms with Crippen LogP contribution in [0.25, 0.3) is 0 Å². The maximum Gasteiger partial charge on any atom is 0.308 e. The largest absolute Gasteiger partial charge is 0.481 e. The van der Waals surface area contributed by atoms with E-state index in [0.717, 1.165) is 5.69 Å². The molecule has 0 radical (unpaired) electrons. The van der Waals surface area contributed by atoms with Gasteiger partial charge in [-0.25, -0.2) is 4.98 Å². The average Bonchev–Trinajstić information content (AvgIpc) is 2.34. The van der Waals surface area contributed by atoms with Gasteiger partial charge in [-0.05, 0) is 26.0 Å². The predicted molar refractivity (Wildman–Crippen MR) is 67.4 cm³/mol. The van der Waals surface area contributed by atoms with Crippen molar-refractivity contribution in [2.45, 2.75) is 20.8 Å². The van der Waals surface area contributed by atoms with Gasteiger partial charge >= 0.3 is 5.97 Å². The van der Waals surface area contributed by atoms with Gasteiger partial charge in [0.25, 0.3) is 5.91 Å². The van der Waals surface area contributed by atoms with E-state index in [9.17, 15) is 9.59 Å². The molecule has 0 saturated heterocycles. The van der Waals surface area contributed by atoms with E-state index in [4.69, 9.17) is 5.11 Å². The highest BCUT2D eigenvalue weighted by Crippen LogP contribution is 2.07. The molecule has 1 aromatic rings. The molecular formula is C13H18N2O3. The van der Waals surface area contributed by atoms with Crippen LogP contribution in [0.15, 0.2) is 18.2 Å². The number of carbonyl (C=O) groups is 2. The summed E-state index contributed by atoms with van der Waals surface area (Å²) in [6, 6.07) is 5.22. The Morgan fingerprint density at radius 2 is 2.11 bits per heavy atom. The molecule has 1 unspecified atom stereocenters. The van der Waals surface area contributed by atoms with Gasteiger partial charge in [0.2, 0.25) is 0 Å². The number of carboxylic acids is 1. The number of carbonyl (C=O) groups excluding carboxylic acids is 1. The normalized spacial score (nSPS) is 11.9. The van der Waals surface area contributed by atoms with Crippen LogP contribution in [-0.4, -0.2) is 40.0 Å². The molecule has 5 nitrogen and oxygen atoms in total. The third kappa shape index (κ3) is 3.55. The lowest BCUT2D eigenvalue weighted by Crippen LogP contribution is -2.37. The van der Waals surface area contributed by atoms with Crippen molar-refractivity contribution in [3.63, 3.8) is 0 Å². The first-order chi connectivity index (χ1) is 8.45. The monoisotopic (exact) mass is 250 g/mol. The molecule has 1 amide bonds. The van der Waals surface area contributed by atoms with E-state index in [2.05, 4.69) is 4.98 Å². The number of hydrogen-bond acceptors (Lipinski definition) is 3. The van der Waals surface area contributed by atoms with E-state index in [1.807, 2.05) is 19.9 Å². The van der Waals surface area contributed by atoms with Crippen LogP contribution in [0.2, 0.25) is 0 Å². The Morgan fingerprint density at radius 3 is 2.61 bits per heavy atom. The molecule has 0 fully saturated rings. The first-order valence-corrected chi connectivity index (χ1v) is 5.91. The van der Waals surface area contributed by atoms with Crippen molar-refractivity contribution in [2.75, 3.05) is 13.1 Å². The average molecular weight is 250 g/mol. The molecule has 5 heteroatoms. The fourth-order valence-corrected chi connectivity index (χ4v) is 1.59. The van der Waals surface area contributed by atoms with E-state index in [-0.39, 0.29) is 12.5 Å². The van der Waals surface area contributed by atoms with Gasteiger partial charge in [-0.3, -0.25) is 9.59 Å². The highest BCUT2D eigenvalue weighted by molar-refractivity contribution is 5.92. The Bertz CT molecular complexity index is 446. The first kappa shape index (κ1) is 14.2. The van der Waals surface area contributed by atoms with Crippen molar-refractivity contribution in [2.24, 2.45) is 5.92 Å². The number of amides is 1. The molecule has 1 rings (SSSR count). The van der Waals surface area contributed by atoms with E-state index >= 15 is 0 Å². The number of aliphatic carboxylic acids is 1. The van der Waals surface area contributed by atoms with Crippen LogP contribution in [0.1, 0.15) is 30.0 Å². The summed E-state index contributed by atoms with van der Waals surface area (Å²) in [7, 11) is 0. The zero-order chi connectivity index (χ0) is 13.7. The summed E-state index contributed by atoms with van der Waals surface area (Å²) in [6.07, 6.45) is 0. The topological polar surface area (TPSA) is 70.5 Å². The molecule has 0 aliphatic rings. The summed E-state index contributed by atoms with van der Waals surface area (Å²) >= 11 is 0. The van der Waals surface area contributed by atoms with E-state index in [1.54, 1.807) is 19.1 Å². The molecule has 0 saturated carbocycles. The van der Waals surface area contributed by atoms with Crippen LogP contribution in [-0.2, 0) is 4.79 Å². The number of carboxylic acid groups (broad SMARTS) is 1. The first-order valence-electron chi connectivity index (χ1n) is 5.91. The van der Waals surface area contributed by atoms with Crippen LogP contribution in [0.4, 0.5) is 0 Å². The molecule has 1 heterocycles. The minimum Gasteiger partial charge on any atom is -0.481 e. The molecule has 0 aliphatic carbocycles. The van der Waals surface area contributed by atoms with Crippen molar-refractivity contribution < 1.29 is 14.7 Å². The summed E-state index contributed by atoms with van der Waals surface area (Å²) in [6.45, 7) is 5.88. The molecular weight excluding hydrogens is 232 g/mol. The van der Waals surface area contributed by atoms with Gasteiger partial charge in [0, 0.05) is 18.8 Å². The fourth-order valence-electron chi connectivity index (χ4n) is 1.59. The molecule has 0 spiro atoms. The molecule has 0 aromatic carbocycles. The van der Waals surface area contributed by atoms with Crippen molar-refractivity contribution >= 4 is 11.9 Å². The van der Waals surface area contributed by atoms with Crippen molar-refractivity contribution in [1.29, 1.82) is 0 Å². The maximum absolute atomic E-state index is 12.2. The van der Waals surface area contributed by atoms with E-state index < -0.39 is 11.9 Å². The third-order valence-corrected chi connectivity index (χ3v) is 2.69. The summed E-state index contributed by atoms with van der Waals surface area (Å²) < 4.78 is 0. The molecule has 98 valence electrons. The summed E-state index contributed by atoms with van der Waals surface area (Å²) in [4.78, 5) is 28.6. The van der Waals surface area contributed by atoms with Gasteiger partial charge in [-0.2, -0.15) is 0 Å². The van der Waals surface area contributed by atoms with E-state index in [1.165, 1.54) is 4.90 Å². The fraction of sp³-hybridized carbons (Fsp3) is 0.462. The summed E-state index contributed by atoms with van der Waals surface area (Å²) in [5.74, 6) is -1.72. The van der Waals surface area contributed by atoms with Crippen molar-refractivity contribution in [3.05, 3.63) is 29.6 Å². The minimum absolute atomic E-state index is 0.195. The summed E-state index contributed by atoms with van der Waals surface area (Å²) in [5.41, 5.74) is 1.12. The molecule has 18 heavy (non-hydrogen) atoms. The Kier molecular flexibility index (Phi) is 4.83. The molecule has 0 bridgehead atoms. The number of aryl methyl sites for hydroxylation is 1. The molecule has 0 aliphatic heterocycles. The Labute approximate surface area is 106 Å². The van der Waals surface area contributed by atoms with Gasteiger partial charge < -0.3 is 10.0 Å². The van der Waals surface area contributed by atoms with Crippen LogP contribution >= 0.6 is 0 Å². The predicted octanol–water partition coefficient (Wildman–Crippen LogP) is 1.57. The molecule has 1 aromatic heterocycles. The number of rotatable bonds is 5. The quantitative estimate of drug-likeness (QED) is 0.861. The van der Waals surface area contributed by atoms with Crippen LogP contribution < -0.4 is 0 Å². The van der Waals surface area contributed by atoms with Gasteiger partial charge in [0.1, 0.15) is 5.69 Å². The summed E-state index contributed by atoms with van der Waals surface area (Å²) in [5, 5.41) is 8.87. The second-order valence-corrected chi connectivity index (χ2v) is 4.25. The standard InChI is InChI=1S/C13H18N2O3/c1-4-15(8-9(2)13(17)18)12(16)11-7-5-6-10(3)14-11/h5-7,9H,4,8H2,1-3H3,(H,17,18). The Hall–Kier alpha value is -1.91. The number of hydrogen-bond donors (Lipinski definition) is 1. The van der Waals surface area contributed by atoms with Crippen LogP contribution in [0, 0.1) is 12.8 Å². The highest BCUT2D eigenvalue weighted by atomic mass is 16.4. The molecule has 1 N–H and O–H groups in total. The smallest absolute Gasteiger partial charge is 0.308 e. The van der Waals surface area contributed by atoms with Gasteiger partial charge in [0.15, 0.2) is 0 Å². The van der Waals surface area contributed by atoms with Crippen molar-refractivity contribution in [3.8, 4) is 0 Å². The second kappa shape index (κ2) is 6.14. The lowest BCUT2D eigenvalue weighted by molar-refractivity contribution is -0.141. The third-order valence-electron chi connectivity index (χ3n) is 2.69. The van der Waals surface area contributed by atoms with Gasteiger partial charge in [0.05, 0.1) is 5.92 Å². The van der Waals surface area contributed by atoms with E-state index in [0.29, 0.717) is 12.2 Å². The number of aromatic nitrogens is 1. The lowest BCUT2D eigenvalue weighted by Gasteiger charge is -2.22.